The van der Waals surface area contributed by atoms with Crippen molar-refractivity contribution in [1.82, 2.24) is 9.62 Å². The van der Waals surface area contributed by atoms with Crippen molar-refractivity contribution < 1.29 is 31.8 Å². The van der Waals surface area contributed by atoms with Gasteiger partial charge in [0.05, 0.1) is 4.90 Å². The molecule has 1 fully saturated rings. The Balaban J connectivity index is 2.02. The number of alkyl carbamates (subject to hydrolysis) is 1. The number of hydrogen-bond donors (Lipinski definition) is 2. The van der Waals surface area contributed by atoms with E-state index in [0.29, 0.717) is 12.8 Å². The number of nitrogens with zero attached hydrogens (tertiary/aromatic N) is 1. The molecule has 28 heavy (non-hydrogen) atoms. The Kier molecular flexibility index (Phi) is 7.00. The van der Waals surface area contributed by atoms with Gasteiger partial charge in [-0.05, 0) is 51.3 Å². The van der Waals surface area contributed by atoms with Gasteiger partial charge in [0.1, 0.15) is 11.7 Å². The lowest BCUT2D eigenvalue weighted by Gasteiger charge is -2.32. The van der Waals surface area contributed by atoms with Crippen molar-refractivity contribution in [2.24, 2.45) is 0 Å². The Morgan fingerprint density at radius 2 is 1.89 bits per heavy atom. The van der Waals surface area contributed by atoms with Crippen LogP contribution >= 0.6 is 0 Å². The van der Waals surface area contributed by atoms with Gasteiger partial charge in [0, 0.05) is 19.1 Å². The number of rotatable bonds is 5. The predicted octanol–water partition coefficient (Wildman–Crippen LogP) is 2.66. The van der Waals surface area contributed by atoms with Gasteiger partial charge in [0.25, 0.3) is 6.43 Å². The third kappa shape index (κ3) is 5.86. The highest BCUT2D eigenvalue weighted by Crippen LogP contribution is 2.26. The summed E-state index contributed by atoms with van der Waals surface area (Å²) < 4.78 is 57.4. The van der Waals surface area contributed by atoms with Crippen LogP contribution in [-0.2, 0) is 14.8 Å². The van der Waals surface area contributed by atoms with Gasteiger partial charge >= 0.3 is 6.09 Å². The van der Waals surface area contributed by atoms with Gasteiger partial charge in [-0.15, -0.1) is 0 Å². The molecule has 0 spiro atoms. The van der Waals surface area contributed by atoms with Gasteiger partial charge in [-0.3, -0.25) is 0 Å². The molecular weight excluding hydrogens is 394 g/mol. The molecule has 1 atom stereocenters. The van der Waals surface area contributed by atoms with Gasteiger partial charge in [-0.1, -0.05) is 12.1 Å². The molecule has 1 saturated heterocycles. The van der Waals surface area contributed by atoms with E-state index in [-0.39, 0.29) is 29.6 Å². The minimum atomic E-state index is -3.89. The van der Waals surface area contributed by atoms with E-state index in [2.05, 4.69) is 5.32 Å². The molecule has 1 aliphatic heterocycles. The standard InChI is InChI=1S/C18H26F2N2O5S/c1-18(2,3)27-17(24)21-13-7-9-22(10-8-13)28(25,26)14-6-4-5-12(11-14)15(23)16(19)20/h4-6,11,13,15-16,23H,7-10H2,1-3H3,(H,21,24). The maximum Gasteiger partial charge on any atom is 0.407 e. The summed E-state index contributed by atoms with van der Waals surface area (Å²) >= 11 is 0. The zero-order valence-electron chi connectivity index (χ0n) is 16.1. The molecule has 1 unspecified atom stereocenters. The number of aliphatic hydroxyl groups is 1. The van der Waals surface area contributed by atoms with E-state index >= 15 is 0 Å². The lowest BCUT2D eigenvalue weighted by molar-refractivity contribution is -0.00590. The molecule has 7 nitrogen and oxygen atoms in total. The van der Waals surface area contributed by atoms with Crippen molar-refractivity contribution in [2.75, 3.05) is 13.1 Å². The Morgan fingerprint density at radius 1 is 1.29 bits per heavy atom. The SMILES string of the molecule is CC(C)(C)OC(=O)NC1CCN(S(=O)(=O)c2cccc(C(O)C(F)F)c2)CC1. The molecule has 2 N–H and O–H groups in total. The number of sulfonamides is 1. The van der Waals surface area contributed by atoms with E-state index < -0.39 is 34.2 Å². The van der Waals surface area contributed by atoms with Crippen molar-refractivity contribution in [3.05, 3.63) is 29.8 Å². The Hall–Kier alpha value is -1.78. The second-order valence-electron chi connectivity index (χ2n) is 7.68. The van der Waals surface area contributed by atoms with Crippen molar-refractivity contribution >= 4 is 16.1 Å². The summed E-state index contributed by atoms with van der Waals surface area (Å²) in [6.07, 6.45) is -4.80. The van der Waals surface area contributed by atoms with E-state index in [1.54, 1.807) is 20.8 Å². The lowest BCUT2D eigenvalue weighted by atomic mass is 10.1. The Morgan fingerprint density at radius 3 is 2.43 bits per heavy atom. The predicted molar refractivity (Wildman–Crippen MR) is 98.6 cm³/mol. The monoisotopic (exact) mass is 420 g/mol. The fourth-order valence-corrected chi connectivity index (χ4v) is 4.39. The maximum absolute atomic E-state index is 12.8. The number of ether oxygens (including phenoxy) is 1. The molecule has 2 rings (SSSR count). The quantitative estimate of drug-likeness (QED) is 0.764. The summed E-state index contributed by atoms with van der Waals surface area (Å²) in [5, 5.41) is 12.2. The summed E-state index contributed by atoms with van der Waals surface area (Å²) in [7, 11) is -3.89. The van der Waals surface area contributed by atoms with E-state index in [9.17, 15) is 27.1 Å². The molecule has 1 aromatic rings. The van der Waals surface area contributed by atoms with Gasteiger partial charge in [-0.2, -0.15) is 4.31 Å². The van der Waals surface area contributed by atoms with Crippen LogP contribution in [0.3, 0.4) is 0 Å². The van der Waals surface area contributed by atoms with Gasteiger partial charge in [-0.25, -0.2) is 22.0 Å². The molecule has 1 aromatic carbocycles. The van der Waals surface area contributed by atoms with Crippen LogP contribution in [0.15, 0.2) is 29.2 Å². The molecular formula is C18H26F2N2O5S. The summed E-state index contributed by atoms with van der Waals surface area (Å²) in [6, 6.07) is 4.74. The van der Waals surface area contributed by atoms with E-state index in [1.807, 2.05) is 0 Å². The van der Waals surface area contributed by atoms with Crippen molar-refractivity contribution in [3.8, 4) is 0 Å². The summed E-state index contributed by atoms with van der Waals surface area (Å²) in [6.45, 7) is 5.59. The van der Waals surface area contributed by atoms with Crippen LogP contribution in [-0.4, -0.2) is 55.1 Å². The van der Waals surface area contributed by atoms with Crippen molar-refractivity contribution in [1.29, 1.82) is 0 Å². The van der Waals surface area contributed by atoms with E-state index in [1.165, 1.54) is 22.5 Å². The number of alkyl halides is 2. The van der Waals surface area contributed by atoms with Crippen molar-refractivity contribution in [2.45, 2.75) is 62.7 Å². The number of aliphatic hydroxyl groups excluding tert-OH is 1. The fourth-order valence-electron chi connectivity index (χ4n) is 2.87. The highest BCUT2D eigenvalue weighted by molar-refractivity contribution is 7.89. The van der Waals surface area contributed by atoms with E-state index in [0.717, 1.165) is 6.07 Å². The first-order chi connectivity index (χ1) is 12.9. The van der Waals surface area contributed by atoms with Crippen LogP contribution in [0.4, 0.5) is 13.6 Å². The number of nitrogens with one attached hydrogen (secondary N) is 1. The average Bonchev–Trinajstić information content (AvgIpc) is 2.60. The number of hydrogen-bond acceptors (Lipinski definition) is 5. The smallest absolute Gasteiger partial charge is 0.407 e. The summed E-state index contributed by atoms with van der Waals surface area (Å²) in [5.41, 5.74) is -0.778. The van der Waals surface area contributed by atoms with Crippen LogP contribution in [0.2, 0.25) is 0 Å². The molecule has 0 aliphatic carbocycles. The van der Waals surface area contributed by atoms with Gasteiger partial charge in [0.2, 0.25) is 10.0 Å². The summed E-state index contributed by atoms with van der Waals surface area (Å²) in [5.74, 6) is 0. The molecule has 0 radical (unpaired) electrons. The molecule has 158 valence electrons. The molecule has 1 heterocycles. The zero-order chi connectivity index (χ0) is 21.1. The van der Waals surface area contributed by atoms with Crippen molar-refractivity contribution in [3.63, 3.8) is 0 Å². The topological polar surface area (TPSA) is 95.9 Å². The maximum atomic E-state index is 12.8. The fraction of sp³-hybridized carbons (Fsp3) is 0.611. The number of amides is 1. The normalized spacial score (nSPS) is 18.1. The second-order valence-corrected chi connectivity index (χ2v) is 9.61. The summed E-state index contributed by atoms with van der Waals surface area (Å²) in [4.78, 5) is 11.7. The first-order valence-corrected chi connectivity index (χ1v) is 10.4. The molecule has 0 saturated carbocycles. The van der Waals surface area contributed by atoms with E-state index in [4.69, 9.17) is 4.74 Å². The molecule has 0 bridgehead atoms. The minimum absolute atomic E-state index is 0.150. The first-order valence-electron chi connectivity index (χ1n) is 8.96. The molecule has 1 amide bonds. The van der Waals surface area contributed by atoms with Gasteiger partial charge in [0.15, 0.2) is 0 Å². The van der Waals surface area contributed by atoms with Crippen LogP contribution < -0.4 is 5.32 Å². The average molecular weight is 420 g/mol. The third-order valence-corrected chi connectivity index (χ3v) is 6.15. The van der Waals surface area contributed by atoms with Crippen LogP contribution in [0.5, 0.6) is 0 Å². The van der Waals surface area contributed by atoms with Gasteiger partial charge < -0.3 is 15.2 Å². The lowest BCUT2D eigenvalue weighted by Crippen LogP contribution is -2.47. The number of halogens is 2. The molecule has 1 aliphatic rings. The second kappa shape index (κ2) is 8.71. The third-order valence-electron chi connectivity index (χ3n) is 4.25. The highest BCUT2D eigenvalue weighted by Gasteiger charge is 2.31. The first kappa shape index (κ1) is 22.5. The van der Waals surface area contributed by atoms with Crippen LogP contribution in [0, 0.1) is 0 Å². The number of carbonyl (C=O) groups is 1. The highest BCUT2D eigenvalue weighted by atomic mass is 32.2. The Bertz CT molecular complexity index is 787. The molecule has 0 aromatic heterocycles. The number of benzene rings is 1. The van der Waals surface area contributed by atoms with Crippen LogP contribution in [0.1, 0.15) is 45.3 Å². The number of carbonyl (C=O) groups excluding carboxylic acids is 1. The largest absolute Gasteiger partial charge is 0.444 e. The number of piperidine rings is 1. The zero-order valence-corrected chi connectivity index (χ0v) is 16.9. The van der Waals surface area contributed by atoms with Crippen LogP contribution in [0.25, 0.3) is 0 Å². The molecule has 10 heteroatoms. The Labute approximate surface area is 163 Å². The minimum Gasteiger partial charge on any atom is -0.444 e.